The van der Waals surface area contributed by atoms with Gasteiger partial charge in [-0.15, -0.1) is 0 Å². The number of likely N-dealkylation sites (tertiary alicyclic amines) is 1. The molecule has 1 unspecified atom stereocenters. The first-order valence-electron chi connectivity index (χ1n) is 11.2. The van der Waals surface area contributed by atoms with Gasteiger partial charge in [0.25, 0.3) is 11.7 Å². The Morgan fingerprint density at radius 3 is 2.51 bits per heavy atom. The summed E-state index contributed by atoms with van der Waals surface area (Å²) < 4.78 is 5.35. The average molecular weight is 487 g/mol. The third-order valence-electron chi connectivity index (χ3n) is 6.37. The number of nitrogens with zero attached hydrogens (tertiary/aromatic N) is 1. The summed E-state index contributed by atoms with van der Waals surface area (Å²) in [5.41, 5.74) is 3.21. The number of carbonyl (C=O) groups is 2. The Morgan fingerprint density at radius 2 is 1.80 bits per heavy atom. The molecule has 1 aromatic heterocycles. The second kappa shape index (κ2) is 9.31. The van der Waals surface area contributed by atoms with Crippen LogP contribution in [-0.4, -0.2) is 40.3 Å². The highest BCUT2D eigenvalue weighted by molar-refractivity contribution is 6.46. The summed E-state index contributed by atoms with van der Waals surface area (Å²) in [4.78, 5) is 31.2. The standard InChI is InChI=1S/C28H23ClN2O4/c1-35-21-11-12-23-22(15-21)19(16-30-23)13-14-31-25(17-7-9-20(29)10-8-17)24(27(33)28(31)34)26(32)18-5-3-2-4-6-18/h2-12,15-16,25,30,32H,13-14H2,1H3/b26-24-. The second-order valence-electron chi connectivity index (χ2n) is 8.39. The summed E-state index contributed by atoms with van der Waals surface area (Å²) in [6.07, 6.45) is 2.41. The Bertz CT molecular complexity index is 1440. The minimum absolute atomic E-state index is 0.0733. The summed E-state index contributed by atoms with van der Waals surface area (Å²) in [7, 11) is 1.62. The number of rotatable bonds is 6. The van der Waals surface area contributed by atoms with Gasteiger partial charge in [-0.2, -0.15) is 0 Å². The van der Waals surface area contributed by atoms with Crippen LogP contribution in [-0.2, 0) is 16.0 Å². The number of hydrogen-bond acceptors (Lipinski definition) is 4. The maximum absolute atomic E-state index is 13.2. The number of aromatic nitrogens is 1. The molecule has 3 aromatic carbocycles. The number of aliphatic hydroxyl groups excluding tert-OH is 1. The third kappa shape index (κ3) is 4.17. The zero-order valence-electron chi connectivity index (χ0n) is 19.0. The highest BCUT2D eigenvalue weighted by Gasteiger charge is 2.45. The highest BCUT2D eigenvalue weighted by atomic mass is 35.5. The van der Waals surface area contributed by atoms with Crippen LogP contribution in [0.1, 0.15) is 22.7 Å². The van der Waals surface area contributed by atoms with Gasteiger partial charge < -0.3 is 19.7 Å². The molecule has 1 aliphatic rings. The molecule has 0 bridgehead atoms. The van der Waals surface area contributed by atoms with Gasteiger partial charge in [0.15, 0.2) is 0 Å². The largest absolute Gasteiger partial charge is 0.507 e. The van der Waals surface area contributed by atoms with E-state index >= 15 is 0 Å². The third-order valence-corrected chi connectivity index (χ3v) is 6.62. The number of ketones is 1. The number of hydrogen-bond donors (Lipinski definition) is 2. The minimum atomic E-state index is -0.729. The summed E-state index contributed by atoms with van der Waals surface area (Å²) in [5, 5.41) is 12.6. The Morgan fingerprint density at radius 1 is 1.06 bits per heavy atom. The van der Waals surface area contributed by atoms with Crippen LogP contribution in [0.2, 0.25) is 5.02 Å². The first-order chi connectivity index (χ1) is 17.0. The summed E-state index contributed by atoms with van der Waals surface area (Å²) in [6, 6.07) is 20.8. The monoisotopic (exact) mass is 486 g/mol. The van der Waals surface area contributed by atoms with Crippen LogP contribution >= 0.6 is 11.6 Å². The quantitative estimate of drug-likeness (QED) is 0.214. The van der Waals surface area contributed by atoms with Crippen molar-refractivity contribution >= 4 is 40.0 Å². The molecule has 7 heteroatoms. The van der Waals surface area contributed by atoms with Crippen LogP contribution < -0.4 is 4.74 Å². The van der Waals surface area contributed by atoms with Crippen molar-refractivity contribution in [2.75, 3.05) is 13.7 Å². The van der Waals surface area contributed by atoms with Gasteiger partial charge in [-0.1, -0.05) is 54.1 Å². The Labute approximate surface area is 207 Å². The lowest BCUT2D eigenvalue weighted by molar-refractivity contribution is -0.139. The smallest absolute Gasteiger partial charge is 0.295 e. The van der Waals surface area contributed by atoms with E-state index in [0.717, 1.165) is 22.2 Å². The Kier molecular flexibility index (Phi) is 6.05. The van der Waals surface area contributed by atoms with E-state index in [-0.39, 0.29) is 17.9 Å². The van der Waals surface area contributed by atoms with Crippen LogP contribution in [0.4, 0.5) is 0 Å². The van der Waals surface area contributed by atoms with Gasteiger partial charge in [0, 0.05) is 34.2 Å². The molecule has 4 aromatic rings. The number of aliphatic hydroxyl groups is 1. The Balaban J connectivity index is 1.55. The highest BCUT2D eigenvalue weighted by Crippen LogP contribution is 2.40. The molecule has 0 aliphatic carbocycles. The van der Waals surface area contributed by atoms with Crippen molar-refractivity contribution in [2.24, 2.45) is 0 Å². The molecule has 1 saturated heterocycles. The topological polar surface area (TPSA) is 82.6 Å². The normalized spacial score (nSPS) is 17.3. The number of Topliss-reactive ketones (excluding diaryl/α,β-unsaturated/α-hetero) is 1. The SMILES string of the molecule is COc1ccc2[nH]cc(CCN3C(=O)C(=O)/C(=C(\O)c4ccccc4)C3c3ccc(Cl)cc3)c2c1. The number of methoxy groups -OCH3 is 1. The van der Waals surface area contributed by atoms with Crippen molar-refractivity contribution in [2.45, 2.75) is 12.5 Å². The zero-order chi connectivity index (χ0) is 24.5. The fraction of sp³-hybridized carbons (Fsp3) is 0.143. The van der Waals surface area contributed by atoms with E-state index in [1.165, 1.54) is 4.90 Å². The lowest BCUT2D eigenvalue weighted by atomic mass is 9.95. The van der Waals surface area contributed by atoms with Gasteiger partial charge in [0.05, 0.1) is 18.7 Å². The molecule has 1 amide bonds. The molecule has 5 rings (SSSR count). The number of ether oxygens (including phenoxy) is 1. The first kappa shape index (κ1) is 22.7. The van der Waals surface area contributed by atoms with E-state index in [1.807, 2.05) is 30.5 Å². The van der Waals surface area contributed by atoms with Crippen molar-refractivity contribution in [1.82, 2.24) is 9.88 Å². The van der Waals surface area contributed by atoms with Crippen LogP contribution in [0.25, 0.3) is 16.7 Å². The molecule has 2 N–H and O–H groups in total. The molecular weight excluding hydrogens is 464 g/mol. The van der Waals surface area contributed by atoms with Crippen molar-refractivity contribution in [1.29, 1.82) is 0 Å². The minimum Gasteiger partial charge on any atom is -0.507 e. The maximum Gasteiger partial charge on any atom is 0.295 e. The number of amides is 1. The Hall–Kier alpha value is -4.03. The molecule has 1 fully saturated rings. The fourth-order valence-corrected chi connectivity index (χ4v) is 4.71. The molecular formula is C28H23ClN2O4. The average Bonchev–Trinajstić information content (AvgIpc) is 3.41. The van der Waals surface area contributed by atoms with Crippen LogP contribution in [0, 0.1) is 0 Å². The van der Waals surface area contributed by atoms with Crippen molar-refractivity contribution in [3.8, 4) is 5.75 Å². The van der Waals surface area contributed by atoms with Crippen molar-refractivity contribution < 1.29 is 19.4 Å². The van der Waals surface area contributed by atoms with Gasteiger partial charge in [0.1, 0.15) is 11.5 Å². The number of carbonyl (C=O) groups excluding carboxylic acids is 2. The lowest BCUT2D eigenvalue weighted by Gasteiger charge is -2.25. The molecule has 0 spiro atoms. The molecule has 176 valence electrons. The number of halogens is 1. The molecule has 6 nitrogen and oxygen atoms in total. The molecule has 0 saturated carbocycles. The number of aromatic amines is 1. The first-order valence-corrected chi connectivity index (χ1v) is 11.6. The molecule has 1 aliphatic heterocycles. The van der Waals surface area contributed by atoms with Crippen LogP contribution in [0.3, 0.4) is 0 Å². The van der Waals surface area contributed by atoms with Crippen molar-refractivity contribution in [3.63, 3.8) is 0 Å². The van der Waals surface area contributed by atoms with Gasteiger partial charge in [-0.25, -0.2) is 0 Å². The van der Waals surface area contributed by atoms with Gasteiger partial charge in [-0.3, -0.25) is 9.59 Å². The van der Waals surface area contributed by atoms with E-state index in [0.29, 0.717) is 22.6 Å². The number of benzene rings is 3. The number of H-pyrrole nitrogens is 1. The van der Waals surface area contributed by atoms with Gasteiger partial charge >= 0.3 is 0 Å². The van der Waals surface area contributed by atoms with E-state index in [2.05, 4.69) is 4.98 Å². The molecule has 1 atom stereocenters. The number of nitrogens with one attached hydrogen (secondary N) is 1. The van der Waals surface area contributed by atoms with Crippen LogP contribution in [0.15, 0.2) is 84.6 Å². The van der Waals surface area contributed by atoms with Crippen LogP contribution in [0.5, 0.6) is 5.75 Å². The zero-order valence-corrected chi connectivity index (χ0v) is 19.8. The molecule has 35 heavy (non-hydrogen) atoms. The summed E-state index contributed by atoms with van der Waals surface area (Å²) >= 11 is 6.09. The maximum atomic E-state index is 13.2. The summed E-state index contributed by atoms with van der Waals surface area (Å²) in [5.74, 6) is -0.794. The second-order valence-corrected chi connectivity index (χ2v) is 8.82. The van der Waals surface area contributed by atoms with Crippen molar-refractivity contribution in [3.05, 3.63) is 106 Å². The van der Waals surface area contributed by atoms with E-state index in [1.54, 1.807) is 55.6 Å². The van der Waals surface area contributed by atoms with E-state index in [4.69, 9.17) is 16.3 Å². The van der Waals surface area contributed by atoms with E-state index < -0.39 is 17.7 Å². The van der Waals surface area contributed by atoms with E-state index in [9.17, 15) is 14.7 Å². The predicted molar refractivity (Wildman–Crippen MR) is 135 cm³/mol. The van der Waals surface area contributed by atoms with Gasteiger partial charge in [0.2, 0.25) is 0 Å². The lowest BCUT2D eigenvalue weighted by Crippen LogP contribution is -2.31. The molecule has 2 heterocycles. The summed E-state index contributed by atoms with van der Waals surface area (Å²) in [6.45, 7) is 0.285. The number of fused-ring (bicyclic) bond motifs is 1. The predicted octanol–water partition coefficient (Wildman–Crippen LogP) is 5.49. The fourth-order valence-electron chi connectivity index (χ4n) is 4.59. The van der Waals surface area contributed by atoms with Gasteiger partial charge in [-0.05, 0) is 47.9 Å². The molecule has 0 radical (unpaired) electrons.